The van der Waals surface area contributed by atoms with Gasteiger partial charge in [0, 0.05) is 23.4 Å². The van der Waals surface area contributed by atoms with E-state index in [-0.39, 0.29) is 18.5 Å². The van der Waals surface area contributed by atoms with Crippen molar-refractivity contribution in [3.8, 4) is 11.5 Å². The first-order chi connectivity index (χ1) is 14.7. The number of nitrogens with one attached hydrogen (secondary N) is 1. The molecule has 0 spiro atoms. The molecular formula is C21H18ClN3O3S2. The van der Waals surface area contributed by atoms with E-state index < -0.39 is 0 Å². The van der Waals surface area contributed by atoms with Gasteiger partial charge in [-0.3, -0.25) is 4.79 Å². The van der Waals surface area contributed by atoms with E-state index in [1.165, 1.54) is 0 Å². The van der Waals surface area contributed by atoms with E-state index in [9.17, 15) is 4.79 Å². The maximum atomic E-state index is 13.1. The van der Waals surface area contributed by atoms with E-state index in [2.05, 4.69) is 10.4 Å². The molecule has 4 heterocycles. The van der Waals surface area contributed by atoms with E-state index >= 15 is 0 Å². The summed E-state index contributed by atoms with van der Waals surface area (Å²) >= 11 is 9.63. The highest BCUT2D eigenvalue weighted by Gasteiger charge is 2.34. The average Bonchev–Trinajstić information content (AvgIpc) is 3.52. The van der Waals surface area contributed by atoms with E-state index in [4.69, 9.17) is 21.1 Å². The first-order valence-corrected chi connectivity index (χ1v) is 11.6. The SMILES string of the molecule is O=C(CNc1cc2c(cc1Cl)OCCO2)N1N=C(c2cccs2)CC1c1cccs1. The van der Waals surface area contributed by atoms with Crippen molar-refractivity contribution < 1.29 is 14.3 Å². The molecule has 154 valence electrons. The molecule has 1 atom stereocenters. The van der Waals surface area contributed by atoms with Crippen LogP contribution >= 0.6 is 34.3 Å². The van der Waals surface area contributed by atoms with Crippen molar-refractivity contribution in [2.24, 2.45) is 5.10 Å². The molecule has 0 radical (unpaired) electrons. The molecule has 1 amide bonds. The van der Waals surface area contributed by atoms with Crippen molar-refractivity contribution in [3.05, 3.63) is 61.9 Å². The molecule has 6 nitrogen and oxygen atoms in total. The summed E-state index contributed by atoms with van der Waals surface area (Å²) in [5, 5.41) is 13.9. The van der Waals surface area contributed by atoms with Gasteiger partial charge in [-0.2, -0.15) is 5.10 Å². The van der Waals surface area contributed by atoms with Crippen LogP contribution < -0.4 is 14.8 Å². The molecule has 0 aliphatic carbocycles. The fraction of sp³-hybridized carbons (Fsp3) is 0.238. The lowest BCUT2D eigenvalue weighted by Gasteiger charge is -2.22. The quantitative estimate of drug-likeness (QED) is 0.581. The smallest absolute Gasteiger partial charge is 0.262 e. The number of ether oxygens (including phenoxy) is 2. The Balaban J connectivity index is 1.35. The lowest BCUT2D eigenvalue weighted by atomic mass is 10.1. The summed E-state index contributed by atoms with van der Waals surface area (Å²) in [6, 6.07) is 11.5. The zero-order chi connectivity index (χ0) is 20.5. The van der Waals surface area contributed by atoms with Crippen molar-refractivity contribution in [2.45, 2.75) is 12.5 Å². The Labute approximate surface area is 186 Å². The van der Waals surface area contributed by atoms with Gasteiger partial charge < -0.3 is 14.8 Å². The van der Waals surface area contributed by atoms with E-state index in [1.807, 2.05) is 35.0 Å². The lowest BCUT2D eigenvalue weighted by molar-refractivity contribution is -0.131. The highest BCUT2D eigenvalue weighted by molar-refractivity contribution is 7.12. The maximum Gasteiger partial charge on any atom is 0.262 e. The Morgan fingerprint density at radius 3 is 2.67 bits per heavy atom. The number of rotatable bonds is 5. The number of carbonyl (C=O) groups is 1. The molecule has 2 aliphatic heterocycles. The van der Waals surface area contributed by atoms with Crippen LogP contribution in [0.25, 0.3) is 0 Å². The Morgan fingerprint density at radius 2 is 1.93 bits per heavy atom. The van der Waals surface area contributed by atoms with Gasteiger partial charge in [0.15, 0.2) is 11.5 Å². The van der Waals surface area contributed by atoms with Crippen molar-refractivity contribution >= 4 is 51.6 Å². The van der Waals surface area contributed by atoms with Crippen LogP contribution in [0.4, 0.5) is 5.69 Å². The summed E-state index contributed by atoms with van der Waals surface area (Å²) in [5.41, 5.74) is 1.57. The third kappa shape index (κ3) is 3.78. The topological polar surface area (TPSA) is 63.2 Å². The van der Waals surface area contributed by atoms with Crippen molar-refractivity contribution in [3.63, 3.8) is 0 Å². The normalized spacial score (nSPS) is 17.7. The molecule has 5 rings (SSSR count). The van der Waals surface area contributed by atoms with Crippen LogP contribution in [0.2, 0.25) is 5.02 Å². The molecule has 3 aromatic rings. The molecule has 1 aromatic carbocycles. The minimum absolute atomic E-state index is 0.0719. The van der Waals surface area contributed by atoms with Gasteiger partial charge in [-0.05, 0) is 22.9 Å². The Bertz CT molecular complexity index is 1080. The highest BCUT2D eigenvalue weighted by atomic mass is 35.5. The van der Waals surface area contributed by atoms with Crippen LogP contribution in [0.5, 0.6) is 11.5 Å². The second-order valence-corrected chi connectivity index (χ2v) is 9.16. The summed E-state index contributed by atoms with van der Waals surface area (Å²) in [6.45, 7) is 1.06. The molecule has 2 aliphatic rings. The number of halogens is 1. The number of thiophene rings is 2. The van der Waals surface area contributed by atoms with Gasteiger partial charge >= 0.3 is 0 Å². The molecule has 1 N–H and O–H groups in total. The second-order valence-electron chi connectivity index (χ2n) is 6.83. The Kier molecular flexibility index (Phi) is 5.37. The molecule has 0 saturated carbocycles. The molecule has 0 bridgehead atoms. The molecule has 0 fully saturated rings. The number of hydrogen-bond donors (Lipinski definition) is 1. The monoisotopic (exact) mass is 459 g/mol. The number of nitrogens with zero attached hydrogens (tertiary/aromatic N) is 2. The van der Waals surface area contributed by atoms with E-state index in [1.54, 1.807) is 39.8 Å². The van der Waals surface area contributed by atoms with Gasteiger partial charge in [0.1, 0.15) is 13.2 Å². The average molecular weight is 460 g/mol. The van der Waals surface area contributed by atoms with Crippen LogP contribution in [0.15, 0.2) is 52.3 Å². The zero-order valence-electron chi connectivity index (χ0n) is 15.8. The molecule has 30 heavy (non-hydrogen) atoms. The molecular weight excluding hydrogens is 442 g/mol. The maximum absolute atomic E-state index is 13.1. The number of benzene rings is 1. The van der Waals surface area contributed by atoms with Gasteiger partial charge in [-0.25, -0.2) is 5.01 Å². The summed E-state index contributed by atoms with van der Waals surface area (Å²) in [4.78, 5) is 15.3. The van der Waals surface area contributed by atoms with Gasteiger partial charge in [-0.1, -0.05) is 23.7 Å². The first-order valence-electron chi connectivity index (χ1n) is 9.49. The van der Waals surface area contributed by atoms with E-state index in [0.717, 1.165) is 15.5 Å². The molecule has 9 heteroatoms. The summed E-state index contributed by atoms with van der Waals surface area (Å²) < 4.78 is 11.1. The second kappa shape index (κ2) is 8.29. The number of amides is 1. The number of anilines is 1. The van der Waals surface area contributed by atoms with Gasteiger partial charge in [0.2, 0.25) is 0 Å². The summed E-state index contributed by atoms with van der Waals surface area (Å²) in [6.07, 6.45) is 0.706. The Hall–Kier alpha value is -2.55. The number of carbonyl (C=O) groups excluding carboxylic acids is 1. The van der Waals surface area contributed by atoms with Gasteiger partial charge in [0.05, 0.1) is 33.9 Å². The third-order valence-electron chi connectivity index (χ3n) is 4.91. The van der Waals surface area contributed by atoms with Crippen molar-refractivity contribution in [1.29, 1.82) is 0 Å². The predicted molar refractivity (Wildman–Crippen MR) is 120 cm³/mol. The van der Waals surface area contributed by atoms with Crippen molar-refractivity contribution in [1.82, 2.24) is 5.01 Å². The minimum Gasteiger partial charge on any atom is -0.486 e. The number of fused-ring (bicyclic) bond motifs is 1. The largest absolute Gasteiger partial charge is 0.486 e. The summed E-state index contributed by atoms with van der Waals surface area (Å²) in [7, 11) is 0. The molecule has 0 saturated heterocycles. The fourth-order valence-corrected chi connectivity index (χ4v) is 5.24. The zero-order valence-corrected chi connectivity index (χ0v) is 18.2. The minimum atomic E-state index is -0.120. The van der Waals surface area contributed by atoms with Crippen LogP contribution in [-0.2, 0) is 4.79 Å². The highest BCUT2D eigenvalue weighted by Crippen LogP contribution is 2.39. The van der Waals surface area contributed by atoms with Crippen molar-refractivity contribution in [2.75, 3.05) is 25.1 Å². The molecule has 2 aromatic heterocycles. The van der Waals surface area contributed by atoms with Crippen LogP contribution in [0, 0.1) is 0 Å². The summed E-state index contributed by atoms with van der Waals surface area (Å²) in [5.74, 6) is 1.12. The standard InChI is InChI=1S/C21H18ClN3O3S2/c22-13-9-17-18(28-6-5-27-17)11-14(13)23-12-21(26)25-16(20-4-2-8-30-20)10-15(24-25)19-3-1-7-29-19/h1-4,7-9,11,16,23H,5-6,10,12H2. The molecule has 1 unspecified atom stereocenters. The third-order valence-corrected chi connectivity index (χ3v) is 7.11. The number of hydrogen-bond acceptors (Lipinski definition) is 7. The van der Waals surface area contributed by atoms with Gasteiger partial charge in [0.25, 0.3) is 5.91 Å². The Morgan fingerprint density at radius 1 is 1.17 bits per heavy atom. The van der Waals surface area contributed by atoms with Gasteiger partial charge in [-0.15, -0.1) is 22.7 Å². The van der Waals surface area contributed by atoms with Crippen LogP contribution in [0.3, 0.4) is 0 Å². The lowest BCUT2D eigenvalue weighted by Crippen LogP contribution is -2.32. The number of hydrazone groups is 1. The first kappa shape index (κ1) is 19.4. The van der Waals surface area contributed by atoms with Crippen LogP contribution in [0.1, 0.15) is 22.2 Å². The van der Waals surface area contributed by atoms with Crippen LogP contribution in [-0.4, -0.2) is 36.4 Å². The van der Waals surface area contributed by atoms with E-state index in [0.29, 0.717) is 41.8 Å². The predicted octanol–water partition coefficient (Wildman–Crippen LogP) is 5.02. The fourth-order valence-electron chi connectivity index (χ4n) is 3.49.